The van der Waals surface area contributed by atoms with Gasteiger partial charge >= 0.3 is 5.97 Å². The van der Waals surface area contributed by atoms with Crippen molar-refractivity contribution in [1.82, 2.24) is 0 Å². The van der Waals surface area contributed by atoms with Crippen LogP contribution in [0, 0.1) is 0 Å². The molecule has 1 N–H and O–H groups in total. The monoisotopic (exact) mass is 565 g/mol. The summed E-state index contributed by atoms with van der Waals surface area (Å²) in [5.74, 6) is -0.218. The quantitative estimate of drug-likeness (QED) is 0.0501. The lowest BCUT2D eigenvalue weighted by Gasteiger charge is -2.15. The number of aliphatic hydroxyl groups is 1. The van der Waals surface area contributed by atoms with E-state index < -0.39 is 6.10 Å². The van der Waals surface area contributed by atoms with Crippen LogP contribution in [0.5, 0.6) is 0 Å². The van der Waals surface area contributed by atoms with Crippen LogP contribution >= 0.6 is 0 Å². The third kappa shape index (κ3) is 31.4. The highest BCUT2D eigenvalue weighted by atomic mass is 16.6. The van der Waals surface area contributed by atoms with Crippen molar-refractivity contribution in [3.63, 3.8) is 0 Å². The van der Waals surface area contributed by atoms with Crippen molar-refractivity contribution in [2.45, 2.75) is 180 Å². The molecule has 0 aromatic heterocycles. The summed E-state index contributed by atoms with van der Waals surface area (Å²) in [6.45, 7) is 5.23. The van der Waals surface area contributed by atoms with E-state index in [0.29, 0.717) is 19.6 Å². The fourth-order valence-electron chi connectivity index (χ4n) is 4.89. The number of hydrogen-bond donors (Lipinski definition) is 1. The van der Waals surface area contributed by atoms with Gasteiger partial charge in [-0.15, -0.1) is 0 Å². The molecule has 0 heterocycles. The van der Waals surface area contributed by atoms with Crippen LogP contribution in [0.2, 0.25) is 0 Å². The van der Waals surface area contributed by atoms with Crippen LogP contribution in [-0.4, -0.2) is 37.0 Å². The Balaban J connectivity index is 3.32. The zero-order valence-corrected chi connectivity index (χ0v) is 26.9. The fraction of sp³-hybridized carbons (Fsp3) is 0.861. The maximum Gasteiger partial charge on any atom is 0.306 e. The molecule has 0 aliphatic rings. The number of esters is 1. The molecule has 40 heavy (non-hydrogen) atoms. The molecule has 4 heteroatoms. The maximum absolute atomic E-state index is 11.8. The number of unbranched alkanes of at least 4 members (excludes halogenated alkanes) is 20. The Bertz CT molecular complexity index is 557. The van der Waals surface area contributed by atoms with Crippen LogP contribution in [0.25, 0.3) is 0 Å². The lowest BCUT2D eigenvalue weighted by molar-refractivity contribution is -0.154. The van der Waals surface area contributed by atoms with Gasteiger partial charge in [-0.1, -0.05) is 147 Å². The number of ether oxygens (including phenoxy) is 2. The van der Waals surface area contributed by atoms with Crippen molar-refractivity contribution in [3.8, 4) is 0 Å². The number of hydrogen-bond acceptors (Lipinski definition) is 4. The second-order valence-electron chi connectivity index (χ2n) is 11.6. The third-order valence-electron chi connectivity index (χ3n) is 7.53. The van der Waals surface area contributed by atoms with Gasteiger partial charge in [-0.3, -0.25) is 4.79 Å². The van der Waals surface area contributed by atoms with Gasteiger partial charge in [-0.05, 0) is 44.9 Å². The lowest BCUT2D eigenvalue weighted by Crippen LogP contribution is -2.27. The molecule has 236 valence electrons. The summed E-state index contributed by atoms with van der Waals surface area (Å²) in [6.07, 6.45) is 39.8. The van der Waals surface area contributed by atoms with Crippen molar-refractivity contribution in [3.05, 3.63) is 24.3 Å². The molecule has 1 atom stereocenters. The molecule has 0 saturated carbocycles. The average molecular weight is 565 g/mol. The van der Waals surface area contributed by atoms with Crippen molar-refractivity contribution in [1.29, 1.82) is 0 Å². The van der Waals surface area contributed by atoms with E-state index in [2.05, 4.69) is 38.2 Å². The number of aliphatic hydroxyl groups excluding tert-OH is 1. The molecule has 0 rings (SSSR count). The Morgan fingerprint density at radius 2 is 1.05 bits per heavy atom. The summed E-state index contributed by atoms with van der Waals surface area (Å²) in [5.41, 5.74) is 0. The molecule has 0 spiro atoms. The lowest BCUT2D eigenvalue weighted by atomic mass is 10.0. The summed E-state index contributed by atoms with van der Waals surface area (Å²) in [7, 11) is 0. The van der Waals surface area contributed by atoms with E-state index >= 15 is 0 Å². The van der Waals surface area contributed by atoms with Gasteiger partial charge in [-0.25, -0.2) is 0 Å². The van der Waals surface area contributed by atoms with Gasteiger partial charge in [0.2, 0.25) is 0 Å². The van der Waals surface area contributed by atoms with Gasteiger partial charge in [0.15, 0.2) is 0 Å². The second kappa shape index (κ2) is 34.1. The molecule has 0 aliphatic heterocycles. The van der Waals surface area contributed by atoms with Crippen molar-refractivity contribution >= 4 is 5.97 Å². The minimum atomic E-state index is -0.525. The summed E-state index contributed by atoms with van der Waals surface area (Å²) >= 11 is 0. The Kier molecular flexibility index (Phi) is 33.1. The fourth-order valence-corrected chi connectivity index (χ4v) is 4.89. The number of rotatable bonds is 32. The standard InChI is InChI=1S/C36H68O4/c1-3-5-7-9-10-11-12-13-14-15-16-17-18-19-20-21-22-23-24-25-26-27-28-30-32-39-34-35(33-37)40-36(38)31-29-8-6-4-2/h12-13,15-16,35,37H,3-11,14,17-34H2,1-2H3/b13-12-,16-15-. The van der Waals surface area contributed by atoms with E-state index in [1.807, 2.05) is 0 Å². The molecule has 0 aromatic carbocycles. The molecule has 0 saturated heterocycles. The Morgan fingerprint density at radius 1 is 0.600 bits per heavy atom. The summed E-state index contributed by atoms with van der Waals surface area (Å²) in [4.78, 5) is 11.8. The predicted octanol–water partition coefficient (Wildman–Crippen LogP) is 10.8. The Labute approximate surface area is 249 Å². The van der Waals surface area contributed by atoms with Crippen molar-refractivity contribution in [2.24, 2.45) is 0 Å². The van der Waals surface area contributed by atoms with E-state index in [-0.39, 0.29) is 12.6 Å². The minimum Gasteiger partial charge on any atom is -0.457 e. The van der Waals surface area contributed by atoms with Crippen LogP contribution in [0.3, 0.4) is 0 Å². The zero-order valence-electron chi connectivity index (χ0n) is 26.9. The minimum absolute atomic E-state index is 0.171. The van der Waals surface area contributed by atoms with Crippen LogP contribution < -0.4 is 0 Å². The Morgan fingerprint density at radius 3 is 1.55 bits per heavy atom. The molecule has 0 fully saturated rings. The second-order valence-corrected chi connectivity index (χ2v) is 11.6. The Hall–Kier alpha value is -1.13. The van der Waals surface area contributed by atoms with Crippen LogP contribution in [0.4, 0.5) is 0 Å². The van der Waals surface area contributed by atoms with E-state index in [4.69, 9.17) is 9.47 Å². The van der Waals surface area contributed by atoms with Gasteiger partial charge in [0.1, 0.15) is 6.10 Å². The maximum atomic E-state index is 11.8. The topological polar surface area (TPSA) is 55.8 Å². The van der Waals surface area contributed by atoms with E-state index in [0.717, 1.165) is 38.5 Å². The van der Waals surface area contributed by atoms with Gasteiger partial charge in [0.25, 0.3) is 0 Å². The molecule has 0 radical (unpaired) electrons. The smallest absolute Gasteiger partial charge is 0.306 e. The summed E-state index contributed by atoms with van der Waals surface area (Å²) < 4.78 is 11.0. The predicted molar refractivity (Wildman–Crippen MR) is 173 cm³/mol. The van der Waals surface area contributed by atoms with E-state index in [9.17, 15) is 9.90 Å². The number of carbonyl (C=O) groups is 1. The van der Waals surface area contributed by atoms with Gasteiger partial charge < -0.3 is 14.6 Å². The molecule has 0 aromatic rings. The average Bonchev–Trinajstić information content (AvgIpc) is 2.96. The van der Waals surface area contributed by atoms with Crippen LogP contribution in [0.15, 0.2) is 24.3 Å². The molecule has 0 amide bonds. The van der Waals surface area contributed by atoms with Gasteiger partial charge in [0, 0.05) is 13.0 Å². The van der Waals surface area contributed by atoms with Gasteiger partial charge in [-0.2, -0.15) is 0 Å². The van der Waals surface area contributed by atoms with Crippen LogP contribution in [-0.2, 0) is 14.3 Å². The summed E-state index contributed by atoms with van der Waals surface area (Å²) in [6, 6.07) is 0. The van der Waals surface area contributed by atoms with Gasteiger partial charge in [0.05, 0.1) is 13.2 Å². The first-order chi connectivity index (χ1) is 19.7. The first-order valence-corrected chi connectivity index (χ1v) is 17.4. The van der Waals surface area contributed by atoms with E-state index in [1.54, 1.807) is 0 Å². The van der Waals surface area contributed by atoms with Crippen LogP contribution in [0.1, 0.15) is 174 Å². The SMILES string of the molecule is CCCCCCC/C=C\C/C=C\CCCCCCCCCCCCCCOCC(CO)OC(=O)CCCCCC. The molecule has 4 nitrogen and oxygen atoms in total. The zero-order chi connectivity index (χ0) is 29.2. The molecule has 1 unspecified atom stereocenters. The molecule has 0 bridgehead atoms. The first kappa shape index (κ1) is 38.9. The molecular weight excluding hydrogens is 496 g/mol. The highest BCUT2D eigenvalue weighted by molar-refractivity contribution is 5.69. The number of allylic oxidation sites excluding steroid dienone is 4. The highest BCUT2D eigenvalue weighted by Crippen LogP contribution is 2.13. The van der Waals surface area contributed by atoms with Crippen molar-refractivity contribution < 1.29 is 19.4 Å². The van der Waals surface area contributed by atoms with E-state index in [1.165, 1.54) is 116 Å². The first-order valence-electron chi connectivity index (χ1n) is 17.4. The normalized spacial score (nSPS) is 12.6. The molecular formula is C36H68O4. The summed E-state index contributed by atoms with van der Waals surface area (Å²) in [5, 5.41) is 9.42. The van der Waals surface area contributed by atoms with Crippen molar-refractivity contribution in [2.75, 3.05) is 19.8 Å². The highest BCUT2D eigenvalue weighted by Gasteiger charge is 2.13. The largest absolute Gasteiger partial charge is 0.457 e. The number of carbonyl (C=O) groups excluding carboxylic acids is 1. The molecule has 0 aliphatic carbocycles. The third-order valence-corrected chi connectivity index (χ3v) is 7.53.